The molecule has 0 unspecified atom stereocenters. The topological polar surface area (TPSA) is 134 Å². The molecular formula is C30H24CuN7O3S. The van der Waals surface area contributed by atoms with E-state index in [-0.39, 0.29) is 17.1 Å². The summed E-state index contributed by atoms with van der Waals surface area (Å²) in [6.07, 6.45) is 4.35. The van der Waals surface area contributed by atoms with Crippen LogP contribution in [0.4, 0.5) is 0 Å². The van der Waals surface area contributed by atoms with Crippen molar-refractivity contribution >= 4 is 10.1 Å². The minimum absolute atomic E-state index is 0. The van der Waals surface area contributed by atoms with Crippen LogP contribution in [0.2, 0.25) is 0 Å². The van der Waals surface area contributed by atoms with Gasteiger partial charge in [-0.15, -0.1) is 0 Å². The molecule has 3 aromatic heterocycles. The largest absolute Gasteiger partial charge is 1.00 e. The van der Waals surface area contributed by atoms with E-state index >= 15 is 0 Å². The summed E-state index contributed by atoms with van der Waals surface area (Å²) in [4.78, 5) is 0. The van der Waals surface area contributed by atoms with Gasteiger partial charge in [-0.3, -0.25) is 0 Å². The molecule has 0 aliphatic carbocycles. The Labute approximate surface area is 253 Å². The minimum Gasteiger partial charge on any atom is -0.743 e. The zero-order valence-electron chi connectivity index (χ0n) is 22.2. The number of aromatic nitrogens is 6. The average molecular weight is 626 g/mol. The van der Waals surface area contributed by atoms with E-state index in [2.05, 4.69) is 15.3 Å². The van der Waals surface area contributed by atoms with E-state index in [1.54, 1.807) is 24.3 Å². The van der Waals surface area contributed by atoms with Gasteiger partial charge in [-0.05, 0) is 18.2 Å². The SMILES string of the molecule is CC#N.O=S(=O)([O-])C(n1ccc(-c2ccccc2)n1)(n1ccc(-c2ccccc2)n1)n1ccc(-c2ccccc2)n1.[Cu+]. The Balaban J connectivity index is 0.000000972. The maximum absolute atomic E-state index is 13.4. The fraction of sp³-hybridized carbons (Fsp3) is 0.0667. The molecule has 0 atom stereocenters. The molecule has 3 aromatic carbocycles. The zero-order valence-corrected chi connectivity index (χ0v) is 23.9. The monoisotopic (exact) mass is 625 g/mol. The van der Waals surface area contributed by atoms with Gasteiger partial charge in [0.05, 0.1) is 23.2 Å². The van der Waals surface area contributed by atoms with Gasteiger partial charge < -0.3 is 4.55 Å². The fourth-order valence-electron chi connectivity index (χ4n) is 4.41. The molecule has 0 saturated heterocycles. The van der Waals surface area contributed by atoms with Crippen molar-refractivity contribution in [1.82, 2.24) is 29.3 Å². The second-order valence-electron chi connectivity index (χ2n) is 8.79. The summed E-state index contributed by atoms with van der Waals surface area (Å²) in [5.41, 5.74) is 3.76. The normalized spacial score (nSPS) is 11.1. The van der Waals surface area contributed by atoms with Crippen LogP contribution >= 0.6 is 0 Å². The number of nitriles is 1. The molecule has 10 nitrogen and oxygen atoms in total. The molecule has 0 fully saturated rings. The molecule has 0 radical (unpaired) electrons. The number of nitrogens with zero attached hydrogens (tertiary/aromatic N) is 7. The van der Waals surface area contributed by atoms with Crippen LogP contribution in [-0.4, -0.2) is 42.3 Å². The van der Waals surface area contributed by atoms with Crippen LogP contribution in [0.5, 0.6) is 0 Å². The summed E-state index contributed by atoms with van der Waals surface area (Å²) in [6, 6.07) is 34.5. The molecule has 0 saturated carbocycles. The van der Waals surface area contributed by atoms with Crippen LogP contribution < -0.4 is 0 Å². The summed E-state index contributed by atoms with van der Waals surface area (Å²) in [6.45, 7) is 1.43. The summed E-state index contributed by atoms with van der Waals surface area (Å²) in [5, 5.41) is 18.5. The molecule has 0 amide bonds. The van der Waals surface area contributed by atoms with Gasteiger partial charge in [-0.2, -0.15) is 20.6 Å². The first-order valence-corrected chi connectivity index (χ1v) is 13.9. The Hall–Kier alpha value is -4.79. The Morgan fingerprint density at radius 2 is 0.881 bits per heavy atom. The maximum atomic E-state index is 13.4. The first kappa shape index (κ1) is 30.2. The molecule has 0 aliphatic rings. The standard InChI is InChI=1S/C28H22N6O3S.C2H3N.Cu/c35-38(36,37)28(32-19-16-25(29-32)22-10-4-1-5-11-22,33-20-17-26(30-33)23-12-6-2-7-13-23)34-21-18-27(31-34)24-14-8-3-9-15-24;1-2-3;/h1-21H,(H,35,36,37);1H3;/q;;+1/p-1. The van der Waals surface area contributed by atoms with Crippen LogP contribution in [0.3, 0.4) is 0 Å². The zero-order chi connectivity index (χ0) is 28.9. The number of hydrogen-bond acceptors (Lipinski definition) is 7. The second kappa shape index (κ2) is 12.8. The van der Waals surface area contributed by atoms with Crippen LogP contribution in [0.1, 0.15) is 6.92 Å². The van der Waals surface area contributed by atoms with Gasteiger partial charge in [0, 0.05) is 42.2 Å². The quantitative estimate of drug-likeness (QED) is 0.180. The minimum atomic E-state index is -5.24. The molecule has 6 rings (SSSR count). The van der Waals surface area contributed by atoms with Crippen molar-refractivity contribution in [2.75, 3.05) is 0 Å². The Kier molecular flexibility index (Phi) is 9.20. The Morgan fingerprint density at radius 1 is 0.619 bits per heavy atom. The van der Waals surface area contributed by atoms with Crippen molar-refractivity contribution in [1.29, 1.82) is 5.26 Å². The third-order valence-corrected chi connectivity index (χ3v) is 7.44. The van der Waals surface area contributed by atoms with Gasteiger partial charge in [0.25, 0.3) is 0 Å². The molecular weight excluding hydrogens is 602 g/mol. The molecule has 0 N–H and O–H groups in total. The molecule has 0 aliphatic heterocycles. The first-order valence-electron chi connectivity index (χ1n) is 12.5. The number of benzene rings is 3. The van der Waals surface area contributed by atoms with Gasteiger partial charge in [-0.1, -0.05) is 91.0 Å². The fourth-order valence-corrected chi connectivity index (χ4v) is 5.40. The summed E-state index contributed by atoms with van der Waals surface area (Å²) >= 11 is 0. The number of hydrogen-bond donors (Lipinski definition) is 0. The van der Waals surface area contributed by atoms with E-state index in [9.17, 15) is 13.0 Å². The van der Waals surface area contributed by atoms with Crippen molar-refractivity contribution in [2.45, 2.75) is 12.0 Å². The summed E-state index contributed by atoms with van der Waals surface area (Å²) < 4.78 is 43.4. The third-order valence-electron chi connectivity index (χ3n) is 6.21. The second-order valence-corrected chi connectivity index (χ2v) is 10.2. The van der Waals surface area contributed by atoms with Crippen LogP contribution in [-0.2, 0) is 32.3 Å². The van der Waals surface area contributed by atoms with Crippen LogP contribution in [0.25, 0.3) is 33.8 Å². The van der Waals surface area contributed by atoms with Crippen LogP contribution in [0.15, 0.2) is 128 Å². The van der Waals surface area contributed by atoms with E-state index in [0.29, 0.717) is 17.1 Å². The van der Waals surface area contributed by atoms with Gasteiger partial charge in [0.15, 0.2) is 10.1 Å². The first-order chi connectivity index (χ1) is 19.9. The molecule has 12 heteroatoms. The average Bonchev–Trinajstić information content (AvgIpc) is 3.77. The van der Waals surface area contributed by atoms with Crippen molar-refractivity contribution in [3.63, 3.8) is 0 Å². The summed E-state index contributed by atoms with van der Waals surface area (Å²) in [7, 11) is -5.24. The molecule has 42 heavy (non-hydrogen) atoms. The van der Waals surface area contributed by atoms with Crippen LogP contribution in [0, 0.1) is 11.3 Å². The van der Waals surface area contributed by atoms with Crippen molar-refractivity contribution in [2.24, 2.45) is 0 Å². The van der Waals surface area contributed by atoms with Gasteiger partial charge in [0.1, 0.15) is 0 Å². The Morgan fingerprint density at radius 3 is 1.12 bits per heavy atom. The van der Waals surface area contributed by atoms with E-state index in [0.717, 1.165) is 30.7 Å². The third kappa shape index (κ3) is 5.68. The van der Waals surface area contributed by atoms with E-state index in [1.165, 1.54) is 25.5 Å². The summed E-state index contributed by atoms with van der Waals surface area (Å²) in [5.74, 6) is 0. The molecule has 6 aromatic rings. The van der Waals surface area contributed by atoms with E-state index < -0.39 is 15.2 Å². The number of rotatable bonds is 7. The maximum Gasteiger partial charge on any atom is 1.00 e. The van der Waals surface area contributed by atoms with Gasteiger partial charge in [0.2, 0.25) is 0 Å². The van der Waals surface area contributed by atoms with Crippen molar-refractivity contribution < 1.29 is 30.0 Å². The molecule has 214 valence electrons. The van der Waals surface area contributed by atoms with Crippen molar-refractivity contribution in [3.8, 4) is 39.8 Å². The van der Waals surface area contributed by atoms with E-state index in [1.807, 2.05) is 91.0 Å². The van der Waals surface area contributed by atoms with Gasteiger partial charge in [-0.25, -0.2) is 22.5 Å². The van der Waals surface area contributed by atoms with Gasteiger partial charge >= 0.3 is 22.2 Å². The predicted octanol–water partition coefficient (Wildman–Crippen LogP) is 5.01. The smallest absolute Gasteiger partial charge is 0.743 e. The van der Waals surface area contributed by atoms with Crippen molar-refractivity contribution in [3.05, 3.63) is 128 Å². The van der Waals surface area contributed by atoms with E-state index in [4.69, 9.17) is 5.26 Å². The molecule has 3 heterocycles. The Bertz CT molecular complexity index is 1710. The predicted molar refractivity (Wildman–Crippen MR) is 153 cm³/mol. The molecule has 0 spiro atoms. The molecule has 0 bridgehead atoms.